The minimum absolute atomic E-state index is 0.221. The van der Waals surface area contributed by atoms with Crippen molar-refractivity contribution in [1.82, 2.24) is 0 Å². The van der Waals surface area contributed by atoms with Crippen molar-refractivity contribution < 1.29 is 9.21 Å². The average molecular weight is 387 g/mol. The van der Waals surface area contributed by atoms with E-state index in [0.29, 0.717) is 5.76 Å². The number of benzene rings is 2. The molecule has 5 nitrogen and oxygen atoms in total. The monoisotopic (exact) mass is 387 g/mol. The standard InChI is InChI=1S/C24H25N3O2/c1-15-9-7-12-19(16(15)2)25-24(28)23-17(3)22-20(13-8-14-21(22)29-23)27-26-18-10-5-4-6-11-18/h4-7,9-12,26H,8,13-14H2,1-3H3,(H,25,28)/b27-20+. The molecular weight excluding hydrogens is 362 g/mol. The zero-order valence-corrected chi connectivity index (χ0v) is 17.0. The van der Waals surface area contributed by atoms with Gasteiger partial charge in [-0.15, -0.1) is 0 Å². The molecule has 2 N–H and O–H groups in total. The first kappa shape index (κ1) is 19.0. The summed E-state index contributed by atoms with van der Waals surface area (Å²) in [4.78, 5) is 12.9. The van der Waals surface area contributed by atoms with Crippen LogP contribution in [0.5, 0.6) is 0 Å². The van der Waals surface area contributed by atoms with Gasteiger partial charge in [-0.2, -0.15) is 5.10 Å². The number of rotatable bonds is 4. The minimum Gasteiger partial charge on any atom is -0.455 e. The number of aryl methyl sites for hydroxylation is 2. The first-order chi connectivity index (χ1) is 14.0. The largest absolute Gasteiger partial charge is 0.455 e. The van der Waals surface area contributed by atoms with Gasteiger partial charge < -0.3 is 9.73 Å². The van der Waals surface area contributed by atoms with E-state index in [2.05, 4.69) is 15.8 Å². The van der Waals surface area contributed by atoms with Gasteiger partial charge in [0, 0.05) is 23.2 Å². The van der Waals surface area contributed by atoms with Crippen molar-refractivity contribution >= 4 is 23.0 Å². The number of hydrazone groups is 1. The molecule has 2 aromatic carbocycles. The molecule has 148 valence electrons. The first-order valence-corrected chi connectivity index (χ1v) is 9.92. The van der Waals surface area contributed by atoms with Crippen LogP contribution in [0.2, 0.25) is 0 Å². The van der Waals surface area contributed by atoms with Crippen LogP contribution in [0.15, 0.2) is 58.0 Å². The fourth-order valence-electron chi connectivity index (χ4n) is 3.71. The van der Waals surface area contributed by atoms with Gasteiger partial charge in [-0.3, -0.25) is 10.2 Å². The normalized spacial score (nSPS) is 14.5. The Bertz CT molecular complexity index is 1080. The van der Waals surface area contributed by atoms with E-state index in [-0.39, 0.29) is 5.91 Å². The van der Waals surface area contributed by atoms with Gasteiger partial charge in [0.2, 0.25) is 0 Å². The molecule has 1 amide bonds. The average Bonchev–Trinajstić information content (AvgIpc) is 3.08. The molecule has 5 heteroatoms. The van der Waals surface area contributed by atoms with Gasteiger partial charge in [0.25, 0.3) is 5.91 Å². The SMILES string of the molecule is Cc1cccc(NC(=O)c2oc3c(c2C)/C(=N/Nc2ccccc2)CCC3)c1C. The van der Waals surface area contributed by atoms with Gasteiger partial charge in [0.15, 0.2) is 5.76 Å². The maximum atomic E-state index is 12.9. The highest BCUT2D eigenvalue weighted by atomic mass is 16.4. The molecule has 0 bridgehead atoms. The Labute approximate surface area is 170 Å². The number of hydrogen-bond acceptors (Lipinski definition) is 4. The molecule has 0 radical (unpaired) electrons. The summed E-state index contributed by atoms with van der Waals surface area (Å²) in [6, 6.07) is 15.7. The predicted octanol–water partition coefficient (Wildman–Crippen LogP) is 5.61. The van der Waals surface area contributed by atoms with E-state index in [1.807, 2.05) is 69.3 Å². The number of carbonyl (C=O) groups excluding carboxylic acids is 1. The number of carbonyl (C=O) groups is 1. The molecule has 1 aliphatic carbocycles. The maximum absolute atomic E-state index is 12.9. The number of nitrogens with one attached hydrogen (secondary N) is 2. The lowest BCUT2D eigenvalue weighted by Gasteiger charge is -2.13. The van der Waals surface area contributed by atoms with Crippen LogP contribution in [0.25, 0.3) is 0 Å². The lowest BCUT2D eigenvalue weighted by molar-refractivity contribution is 0.0994. The molecule has 3 aromatic rings. The Balaban J connectivity index is 1.62. The van der Waals surface area contributed by atoms with Crippen LogP contribution in [-0.2, 0) is 6.42 Å². The van der Waals surface area contributed by atoms with Crippen LogP contribution in [0, 0.1) is 20.8 Å². The summed E-state index contributed by atoms with van der Waals surface area (Å²) in [5.41, 5.74) is 9.80. The fraction of sp³-hybridized carbons (Fsp3) is 0.250. The zero-order chi connectivity index (χ0) is 20.4. The summed E-state index contributed by atoms with van der Waals surface area (Å²) in [5, 5.41) is 7.61. The molecule has 1 aromatic heterocycles. The predicted molar refractivity (Wildman–Crippen MR) is 117 cm³/mol. The molecule has 0 aliphatic heterocycles. The van der Waals surface area contributed by atoms with Crippen LogP contribution >= 0.6 is 0 Å². The van der Waals surface area contributed by atoms with Crippen molar-refractivity contribution in [3.8, 4) is 0 Å². The Morgan fingerprint density at radius 1 is 0.966 bits per heavy atom. The summed E-state index contributed by atoms with van der Waals surface area (Å²) in [7, 11) is 0. The molecule has 0 saturated heterocycles. The van der Waals surface area contributed by atoms with Gasteiger partial charge in [-0.05, 0) is 62.9 Å². The highest BCUT2D eigenvalue weighted by Gasteiger charge is 2.28. The van der Waals surface area contributed by atoms with E-state index in [1.165, 1.54) is 0 Å². The van der Waals surface area contributed by atoms with E-state index in [4.69, 9.17) is 4.42 Å². The van der Waals surface area contributed by atoms with Gasteiger partial charge >= 0.3 is 0 Å². The lowest BCUT2D eigenvalue weighted by atomic mass is 9.93. The third-order valence-corrected chi connectivity index (χ3v) is 5.48. The van der Waals surface area contributed by atoms with Crippen molar-refractivity contribution in [3.63, 3.8) is 0 Å². The molecule has 4 rings (SSSR count). The Kier molecular flexibility index (Phi) is 5.21. The fourth-order valence-corrected chi connectivity index (χ4v) is 3.71. The van der Waals surface area contributed by atoms with Gasteiger partial charge in [0.05, 0.1) is 11.4 Å². The van der Waals surface area contributed by atoms with E-state index in [1.54, 1.807) is 0 Å². The molecule has 0 spiro atoms. The van der Waals surface area contributed by atoms with Gasteiger partial charge in [0.1, 0.15) is 5.76 Å². The molecule has 1 aliphatic rings. The quantitative estimate of drug-likeness (QED) is 0.572. The highest BCUT2D eigenvalue weighted by molar-refractivity contribution is 6.09. The van der Waals surface area contributed by atoms with Crippen LogP contribution < -0.4 is 10.7 Å². The van der Waals surface area contributed by atoms with Crippen LogP contribution in [0.1, 0.15) is 51.4 Å². The summed E-state index contributed by atoms with van der Waals surface area (Å²) in [5.74, 6) is 0.986. The number of para-hydroxylation sites is 1. The second-order valence-electron chi connectivity index (χ2n) is 7.45. The minimum atomic E-state index is -0.221. The van der Waals surface area contributed by atoms with Crippen molar-refractivity contribution in [2.75, 3.05) is 10.7 Å². The number of fused-ring (bicyclic) bond motifs is 1. The molecule has 0 unspecified atom stereocenters. The van der Waals surface area contributed by atoms with Crippen LogP contribution in [0.4, 0.5) is 11.4 Å². The van der Waals surface area contributed by atoms with Gasteiger partial charge in [-0.25, -0.2) is 0 Å². The number of hydrogen-bond donors (Lipinski definition) is 2. The van der Waals surface area contributed by atoms with E-state index < -0.39 is 0 Å². The Morgan fingerprint density at radius 2 is 1.76 bits per heavy atom. The number of furan rings is 1. The second kappa shape index (κ2) is 7.95. The third kappa shape index (κ3) is 3.81. The molecule has 29 heavy (non-hydrogen) atoms. The van der Waals surface area contributed by atoms with Crippen LogP contribution in [0.3, 0.4) is 0 Å². The van der Waals surface area contributed by atoms with E-state index >= 15 is 0 Å². The summed E-state index contributed by atoms with van der Waals surface area (Å²) < 4.78 is 6.00. The molecule has 0 saturated carbocycles. The first-order valence-electron chi connectivity index (χ1n) is 9.92. The number of nitrogens with zero attached hydrogens (tertiary/aromatic N) is 1. The van der Waals surface area contributed by atoms with Crippen molar-refractivity contribution in [1.29, 1.82) is 0 Å². The van der Waals surface area contributed by atoms with Crippen molar-refractivity contribution in [2.24, 2.45) is 5.10 Å². The van der Waals surface area contributed by atoms with Gasteiger partial charge in [-0.1, -0.05) is 30.3 Å². The zero-order valence-electron chi connectivity index (χ0n) is 17.0. The molecule has 0 atom stereocenters. The lowest BCUT2D eigenvalue weighted by Crippen LogP contribution is -2.15. The second-order valence-corrected chi connectivity index (χ2v) is 7.45. The Morgan fingerprint density at radius 3 is 2.55 bits per heavy atom. The molecule has 1 heterocycles. The Hall–Kier alpha value is -3.34. The van der Waals surface area contributed by atoms with E-state index in [0.717, 1.165) is 64.4 Å². The maximum Gasteiger partial charge on any atom is 0.291 e. The third-order valence-electron chi connectivity index (χ3n) is 5.48. The molecule has 0 fully saturated rings. The number of anilines is 2. The summed E-state index contributed by atoms with van der Waals surface area (Å²) >= 11 is 0. The molecular formula is C24H25N3O2. The van der Waals surface area contributed by atoms with Crippen molar-refractivity contribution in [3.05, 3.63) is 82.3 Å². The van der Waals surface area contributed by atoms with Crippen LogP contribution in [-0.4, -0.2) is 11.6 Å². The highest BCUT2D eigenvalue weighted by Crippen LogP contribution is 2.31. The summed E-state index contributed by atoms with van der Waals surface area (Å²) in [6.07, 6.45) is 2.62. The van der Waals surface area contributed by atoms with Crippen molar-refractivity contribution in [2.45, 2.75) is 40.0 Å². The summed E-state index contributed by atoms with van der Waals surface area (Å²) in [6.45, 7) is 5.97. The smallest absolute Gasteiger partial charge is 0.291 e. The van der Waals surface area contributed by atoms with E-state index in [9.17, 15) is 4.79 Å². The topological polar surface area (TPSA) is 66.6 Å². The number of amides is 1.